The van der Waals surface area contributed by atoms with Gasteiger partial charge < -0.3 is 10.0 Å². The molecule has 0 aliphatic carbocycles. The summed E-state index contributed by atoms with van der Waals surface area (Å²) in [5.74, 6) is 0.725. The Hall–Kier alpha value is -1.16. The zero-order valence-corrected chi connectivity index (χ0v) is 8.56. The first-order valence-electron chi connectivity index (χ1n) is 4.90. The van der Waals surface area contributed by atoms with Gasteiger partial charge in [-0.3, -0.25) is 0 Å². The van der Waals surface area contributed by atoms with Gasteiger partial charge >= 0.3 is 0 Å². The molecule has 1 fully saturated rings. The van der Waals surface area contributed by atoms with Crippen LogP contribution in [0.1, 0.15) is 19.0 Å². The maximum absolute atomic E-state index is 9.82. The smallest absolute Gasteiger partial charge is 0.225 e. The number of aliphatic hydroxyl groups is 1. The number of rotatable bonds is 2. The molecule has 0 amide bonds. The van der Waals surface area contributed by atoms with Crippen molar-refractivity contribution in [3.8, 4) is 0 Å². The first kappa shape index (κ1) is 9.40. The molecule has 1 aliphatic rings. The number of anilines is 1. The quantitative estimate of drug-likeness (QED) is 0.753. The van der Waals surface area contributed by atoms with E-state index in [4.69, 9.17) is 0 Å². The van der Waals surface area contributed by atoms with E-state index < -0.39 is 5.60 Å². The van der Waals surface area contributed by atoms with Gasteiger partial charge in [-0.1, -0.05) is 6.92 Å². The second-order valence-corrected chi connectivity index (χ2v) is 3.93. The van der Waals surface area contributed by atoms with Crippen LogP contribution in [0.5, 0.6) is 0 Å². The molecule has 2 heterocycles. The van der Waals surface area contributed by atoms with E-state index in [2.05, 4.69) is 9.97 Å². The van der Waals surface area contributed by atoms with Crippen LogP contribution in [0.25, 0.3) is 0 Å². The van der Waals surface area contributed by atoms with Crippen molar-refractivity contribution in [1.82, 2.24) is 9.97 Å². The Morgan fingerprint density at radius 3 is 2.86 bits per heavy atom. The Bertz CT molecular complexity index is 334. The molecule has 4 nitrogen and oxygen atoms in total. The molecule has 1 N–H and O–H groups in total. The highest BCUT2D eigenvalue weighted by atomic mass is 16.3. The zero-order valence-electron chi connectivity index (χ0n) is 8.56. The molecular formula is C10H15N3O. The molecule has 0 radical (unpaired) electrons. The standard InChI is InChI=1S/C10H15N3O/c1-3-10(14)6-13(7-10)9-11-5-4-8(2)12-9/h4-5,14H,3,6-7H2,1-2H3. The van der Waals surface area contributed by atoms with Crippen molar-refractivity contribution in [1.29, 1.82) is 0 Å². The first-order chi connectivity index (χ1) is 6.63. The molecule has 1 aromatic rings. The number of nitrogens with zero attached hydrogens (tertiary/aromatic N) is 3. The van der Waals surface area contributed by atoms with Gasteiger partial charge in [0.15, 0.2) is 0 Å². The van der Waals surface area contributed by atoms with Crippen LogP contribution >= 0.6 is 0 Å². The van der Waals surface area contributed by atoms with E-state index in [-0.39, 0.29) is 0 Å². The van der Waals surface area contributed by atoms with E-state index in [0.717, 1.165) is 18.1 Å². The van der Waals surface area contributed by atoms with Crippen LogP contribution < -0.4 is 4.90 Å². The van der Waals surface area contributed by atoms with E-state index in [0.29, 0.717) is 13.1 Å². The van der Waals surface area contributed by atoms with Crippen LogP contribution in [-0.2, 0) is 0 Å². The Labute approximate surface area is 83.6 Å². The van der Waals surface area contributed by atoms with E-state index in [1.165, 1.54) is 0 Å². The van der Waals surface area contributed by atoms with Gasteiger partial charge in [-0.25, -0.2) is 9.97 Å². The van der Waals surface area contributed by atoms with Crippen molar-refractivity contribution in [2.45, 2.75) is 25.9 Å². The van der Waals surface area contributed by atoms with E-state index >= 15 is 0 Å². The van der Waals surface area contributed by atoms with Crippen molar-refractivity contribution in [2.75, 3.05) is 18.0 Å². The Morgan fingerprint density at radius 1 is 1.57 bits per heavy atom. The number of β-amino-alcohol motifs (C(OH)–C–C–N with tert-alkyl or cyclic N) is 1. The summed E-state index contributed by atoms with van der Waals surface area (Å²) in [6.07, 6.45) is 2.54. The maximum Gasteiger partial charge on any atom is 0.225 e. The molecule has 0 atom stereocenters. The molecule has 76 valence electrons. The third-order valence-corrected chi connectivity index (χ3v) is 2.69. The molecule has 0 spiro atoms. The average Bonchev–Trinajstić information content (AvgIpc) is 2.13. The van der Waals surface area contributed by atoms with Crippen LogP contribution in [0.3, 0.4) is 0 Å². The monoisotopic (exact) mass is 193 g/mol. The first-order valence-corrected chi connectivity index (χ1v) is 4.90. The van der Waals surface area contributed by atoms with Crippen LogP contribution in [0, 0.1) is 6.92 Å². The van der Waals surface area contributed by atoms with Gasteiger partial charge in [0.25, 0.3) is 0 Å². The molecule has 0 bridgehead atoms. The minimum atomic E-state index is -0.521. The number of hydrogen-bond donors (Lipinski definition) is 1. The molecule has 2 rings (SSSR count). The molecule has 0 aromatic carbocycles. The minimum Gasteiger partial charge on any atom is -0.386 e. The van der Waals surface area contributed by atoms with Crippen LogP contribution in [0.4, 0.5) is 5.95 Å². The SMILES string of the molecule is CCC1(O)CN(c2nccc(C)n2)C1. The van der Waals surface area contributed by atoms with Gasteiger partial charge in [-0.2, -0.15) is 0 Å². The lowest BCUT2D eigenvalue weighted by molar-refractivity contribution is 0.00754. The van der Waals surface area contributed by atoms with Crippen molar-refractivity contribution in [2.24, 2.45) is 0 Å². The molecule has 0 saturated carbocycles. The van der Waals surface area contributed by atoms with Crippen molar-refractivity contribution >= 4 is 5.95 Å². The summed E-state index contributed by atoms with van der Waals surface area (Å²) in [6.45, 7) is 5.23. The molecule has 1 saturated heterocycles. The molecule has 14 heavy (non-hydrogen) atoms. The summed E-state index contributed by atoms with van der Waals surface area (Å²) >= 11 is 0. The number of aromatic nitrogens is 2. The van der Waals surface area contributed by atoms with Crippen LogP contribution in [-0.4, -0.2) is 33.8 Å². The van der Waals surface area contributed by atoms with Crippen molar-refractivity contribution in [3.63, 3.8) is 0 Å². The summed E-state index contributed by atoms with van der Waals surface area (Å²) in [4.78, 5) is 10.5. The van der Waals surface area contributed by atoms with Gasteiger partial charge in [0.05, 0.1) is 18.7 Å². The second kappa shape index (κ2) is 3.20. The largest absolute Gasteiger partial charge is 0.386 e. The molecule has 4 heteroatoms. The summed E-state index contributed by atoms with van der Waals surface area (Å²) in [6, 6.07) is 1.87. The highest BCUT2D eigenvalue weighted by Gasteiger charge is 2.40. The molecule has 1 aromatic heterocycles. The fourth-order valence-electron chi connectivity index (χ4n) is 1.62. The van der Waals surface area contributed by atoms with Gasteiger partial charge in [0.2, 0.25) is 5.95 Å². The van der Waals surface area contributed by atoms with Gasteiger partial charge in [-0.05, 0) is 19.4 Å². The number of aryl methyl sites for hydroxylation is 1. The van der Waals surface area contributed by atoms with Crippen molar-refractivity contribution in [3.05, 3.63) is 18.0 Å². The summed E-state index contributed by atoms with van der Waals surface area (Å²) < 4.78 is 0. The van der Waals surface area contributed by atoms with E-state index in [1.54, 1.807) is 6.20 Å². The predicted octanol–water partition coefficient (Wildman–Crippen LogP) is 0.746. The van der Waals surface area contributed by atoms with Crippen LogP contribution in [0.15, 0.2) is 12.3 Å². The molecule has 0 unspecified atom stereocenters. The summed E-state index contributed by atoms with van der Waals surface area (Å²) in [7, 11) is 0. The average molecular weight is 193 g/mol. The lowest BCUT2D eigenvalue weighted by Gasteiger charge is -2.46. The van der Waals surface area contributed by atoms with E-state index in [1.807, 2.05) is 24.8 Å². The lowest BCUT2D eigenvalue weighted by atomic mass is 9.92. The third-order valence-electron chi connectivity index (χ3n) is 2.69. The fraction of sp³-hybridized carbons (Fsp3) is 0.600. The zero-order chi connectivity index (χ0) is 10.2. The number of hydrogen-bond acceptors (Lipinski definition) is 4. The minimum absolute atomic E-state index is 0.521. The fourth-order valence-corrected chi connectivity index (χ4v) is 1.62. The van der Waals surface area contributed by atoms with Gasteiger partial charge in [0, 0.05) is 11.9 Å². The second-order valence-electron chi connectivity index (χ2n) is 3.93. The highest BCUT2D eigenvalue weighted by Crippen LogP contribution is 2.27. The molecule has 1 aliphatic heterocycles. The molecular weight excluding hydrogens is 178 g/mol. The predicted molar refractivity (Wildman–Crippen MR) is 54.2 cm³/mol. The Morgan fingerprint density at radius 2 is 2.29 bits per heavy atom. The summed E-state index contributed by atoms with van der Waals surface area (Å²) in [5, 5.41) is 9.82. The van der Waals surface area contributed by atoms with Gasteiger partial charge in [0.1, 0.15) is 0 Å². The Kier molecular flexibility index (Phi) is 2.15. The summed E-state index contributed by atoms with van der Waals surface area (Å²) in [5.41, 5.74) is 0.439. The topological polar surface area (TPSA) is 49.2 Å². The van der Waals surface area contributed by atoms with Crippen LogP contribution in [0.2, 0.25) is 0 Å². The van der Waals surface area contributed by atoms with E-state index in [9.17, 15) is 5.11 Å². The Balaban J connectivity index is 2.06. The maximum atomic E-state index is 9.82. The highest BCUT2D eigenvalue weighted by molar-refractivity contribution is 5.37. The third kappa shape index (κ3) is 1.57. The van der Waals surface area contributed by atoms with Gasteiger partial charge in [-0.15, -0.1) is 0 Å². The lowest BCUT2D eigenvalue weighted by Crippen LogP contribution is -2.62. The normalized spacial score (nSPS) is 19.2. The van der Waals surface area contributed by atoms with Crippen molar-refractivity contribution < 1.29 is 5.11 Å².